The summed E-state index contributed by atoms with van der Waals surface area (Å²) < 4.78 is 0. The van der Waals surface area contributed by atoms with Gasteiger partial charge in [0.05, 0.1) is 0 Å². The van der Waals surface area contributed by atoms with Crippen LogP contribution < -0.4 is 0 Å². The molecule has 0 radical (unpaired) electrons. The zero-order valence-corrected chi connectivity index (χ0v) is 4.20. The van der Waals surface area contributed by atoms with E-state index in [1.807, 2.05) is 0 Å². The maximum absolute atomic E-state index is 8.67. The summed E-state index contributed by atoms with van der Waals surface area (Å²) in [4.78, 5) is 0. The van der Waals surface area contributed by atoms with Gasteiger partial charge in [0.2, 0.25) is 0 Å². The number of hydrogen-bond acceptors (Lipinski definition) is 2. The van der Waals surface area contributed by atoms with Crippen molar-refractivity contribution in [3.63, 3.8) is 0 Å². The third-order valence-electron chi connectivity index (χ3n) is 0.882. The van der Waals surface area contributed by atoms with Crippen LogP contribution in [0.4, 0.5) is 0 Å². The van der Waals surface area contributed by atoms with E-state index in [1.165, 1.54) is 12.1 Å². The van der Waals surface area contributed by atoms with Gasteiger partial charge in [-0.1, -0.05) is 12.1 Å². The third kappa shape index (κ3) is 3.86. The van der Waals surface area contributed by atoms with Crippen LogP contribution in [-0.2, 0) is 0 Å². The van der Waals surface area contributed by atoms with Gasteiger partial charge in [-0.2, -0.15) is 0 Å². The van der Waals surface area contributed by atoms with E-state index in [0.29, 0.717) is 0 Å². The topological polar surface area (TPSA) is 40.5 Å². The molecule has 0 bridgehead atoms. The van der Waals surface area contributed by atoms with E-state index in [0.717, 1.165) is 0 Å². The number of rotatable bonds is 0. The van der Waals surface area contributed by atoms with Gasteiger partial charge in [-0.15, -0.1) is 0 Å². The van der Waals surface area contributed by atoms with E-state index in [2.05, 4.69) is 0 Å². The van der Waals surface area contributed by atoms with Crippen molar-refractivity contribution < 1.29 is 10.2 Å². The molecule has 46 valence electrons. The number of para-hydroxylation sites is 2. The summed E-state index contributed by atoms with van der Waals surface area (Å²) in [6, 6.07) is 6.15. The molecule has 1 rings (SSSR count). The Hall–Kier alpha value is 0.820. The van der Waals surface area contributed by atoms with Gasteiger partial charge in [0, 0.05) is 0 Å². The molecule has 10 heavy (non-hydrogen) atoms. The number of benzene rings is 1. The number of phenols is 2. The standard InChI is InChI=1S/C6H6O2.2Na.2H/c7-5-3-1-2-4-6(5)8;;;;/h1-4,7-8H;;;;. The molecule has 4 heteroatoms. The average Bonchev–Trinajstić information content (AvgIpc) is 1.77. The van der Waals surface area contributed by atoms with Gasteiger partial charge in [-0.05, 0) is 12.1 Å². The molecule has 0 aliphatic carbocycles. The molecule has 0 saturated heterocycles. The first kappa shape index (κ1) is 13.4. The maximum atomic E-state index is 8.67. The fourth-order valence-electron chi connectivity index (χ4n) is 0.464. The Labute approximate surface area is 104 Å². The summed E-state index contributed by atoms with van der Waals surface area (Å²) in [6.07, 6.45) is 0. The predicted octanol–water partition coefficient (Wildman–Crippen LogP) is -0.199. The monoisotopic (exact) mass is 158 g/mol. The Bertz CT molecular complexity index is 170. The molecule has 0 aliphatic heterocycles. The van der Waals surface area contributed by atoms with Crippen LogP contribution in [0.1, 0.15) is 0 Å². The van der Waals surface area contributed by atoms with Crippen molar-refractivity contribution in [2.75, 3.05) is 0 Å². The van der Waals surface area contributed by atoms with Crippen LogP contribution in [0.3, 0.4) is 0 Å². The average molecular weight is 158 g/mol. The third-order valence-corrected chi connectivity index (χ3v) is 0.882. The summed E-state index contributed by atoms with van der Waals surface area (Å²) in [7, 11) is 0. The summed E-state index contributed by atoms with van der Waals surface area (Å²) in [5.74, 6) is -0.153. The van der Waals surface area contributed by atoms with Crippen LogP contribution in [0.2, 0.25) is 0 Å². The Kier molecular flexibility index (Phi) is 8.75. The van der Waals surface area contributed by atoms with Crippen molar-refractivity contribution in [1.82, 2.24) is 0 Å². The molecule has 2 nitrogen and oxygen atoms in total. The van der Waals surface area contributed by atoms with Crippen molar-refractivity contribution in [1.29, 1.82) is 0 Å². The molecule has 0 atom stereocenters. The van der Waals surface area contributed by atoms with Crippen LogP contribution in [0, 0.1) is 0 Å². The van der Waals surface area contributed by atoms with Crippen molar-refractivity contribution in [2.24, 2.45) is 0 Å². The molecular weight excluding hydrogens is 150 g/mol. The van der Waals surface area contributed by atoms with E-state index in [4.69, 9.17) is 10.2 Å². The Morgan fingerprint density at radius 1 is 0.800 bits per heavy atom. The molecule has 0 saturated carbocycles. The molecule has 1 aromatic carbocycles. The van der Waals surface area contributed by atoms with Crippen LogP contribution in [0.25, 0.3) is 0 Å². The van der Waals surface area contributed by atoms with Gasteiger partial charge >= 0.3 is 59.1 Å². The quantitative estimate of drug-likeness (QED) is 0.405. The molecular formula is C6H8Na2O2. The van der Waals surface area contributed by atoms with Crippen LogP contribution in [0.5, 0.6) is 11.5 Å². The zero-order valence-electron chi connectivity index (χ0n) is 4.20. The first-order valence-electron chi connectivity index (χ1n) is 2.27. The van der Waals surface area contributed by atoms with Gasteiger partial charge in [-0.3, -0.25) is 0 Å². The minimum absolute atomic E-state index is 0. The van der Waals surface area contributed by atoms with Crippen molar-refractivity contribution in [3.8, 4) is 11.5 Å². The van der Waals surface area contributed by atoms with Crippen LogP contribution >= 0.6 is 0 Å². The van der Waals surface area contributed by atoms with E-state index in [-0.39, 0.29) is 70.6 Å². The van der Waals surface area contributed by atoms with E-state index in [9.17, 15) is 0 Å². The molecule has 1 aromatic rings. The second-order valence-corrected chi connectivity index (χ2v) is 1.49. The molecule has 0 unspecified atom stereocenters. The molecule has 0 spiro atoms. The molecule has 0 aliphatic rings. The molecule has 2 N–H and O–H groups in total. The summed E-state index contributed by atoms with van der Waals surface area (Å²) in [6.45, 7) is 0. The number of hydrogen-bond donors (Lipinski definition) is 2. The minimum atomic E-state index is -0.0764. The Morgan fingerprint density at radius 2 is 1.10 bits per heavy atom. The van der Waals surface area contributed by atoms with Crippen LogP contribution in [0.15, 0.2) is 24.3 Å². The molecule has 0 heterocycles. The number of phenolic OH excluding ortho intramolecular Hbond substituents is 2. The summed E-state index contributed by atoms with van der Waals surface area (Å²) >= 11 is 0. The van der Waals surface area contributed by atoms with Gasteiger partial charge in [-0.25, -0.2) is 0 Å². The normalized spacial score (nSPS) is 7.20. The fraction of sp³-hybridized carbons (Fsp3) is 0. The van der Waals surface area contributed by atoms with Gasteiger partial charge in [0.15, 0.2) is 11.5 Å². The van der Waals surface area contributed by atoms with Gasteiger partial charge in [0.1, 0.15) is 0 Å². The van der Waals surface area contributed by atoms with Crippen molar-refractivity contribution in [2.45, 2.75) is 0 Å². The van der Waals surface area contributed by atoms with E-state index >= 15 is 0 Å². The van der Waals surface area contributed by atoms with Crippen molar-refractivity contribution in [3.05, 3.63) is 24.3 Å². The molecule has 0 fully saturated rings. The number of aromatic hydroxyl groups is 2. The Balaban J connectivity index is 0. The molecule has 0 amide bonds. The SMILES string of the molecule is Oc1ccccc1O.[NaH].[NaH]. The second kappa shape index (κ2) is 6.53. The fourth-order valence-corrected chi connectivity index (χ4v) is 0.464. The zero-order chi connectivity index (χ0) is 5.98. The van der Waals surface area contributed by atoms with Gasteiger partial charge < -0.3 is 10.2 Å². The first-order chi connectivity index (χ1) is 3.80. The summed E-state index contributed by atoms with van der Waals surface area (Å²) in [5, 5.41) is 17.3. The first-order valence-corrected chi connectivity index (χ1v) is 2.27. The van der Waals surface area contributed by atoms with Gasteiger partial charge in [0.25, 0.3) is 0 Å². The molecule has 0 aromatic heterocycles. The predicted molar refractivity (Wildman–Crippen MR) is 44.1 cm³/mol. The van der Waals surface area contributed by atoms with E-state index < -0.39 is 0 Å². The Morgan fingerprint density at radius 3 is 1.30 bits per heavy atom. The second-order valence-electron chi connectivity index (χ2n) is 1.49. The van der Waals surface area contributed by atoms with Crippen molar-refractivity contribution >= 4 is 59.1 Å². The summed E-state index contributed by atoms with van der Waals surface area (Å²) in [5.41, 5.74) is 0. The van der Waals surface area contributed by atoms with Crippen LogP contribution in [-0.4, -0.2) is 69.3 Å². The van der Waals surface area contributed by atoms with E-state index in [1.54, 1.807) is 12.1 Å².